The number of nitrogens with one attached hydrogen (secondary N) is 1. The van der Waals surface area contributed by atoms with Crippen LogP contribution in [0.1, 0.15) is 16.8 Å². The van der Waals surface area contributed by atoms with Gasteiger partial charge in [0.15, 0.2) is 11.5 Å². The highest BCUT2D eigenvalue weighted by Gasteiger charge is 2.16. The van der Waals surface area contributed by atoms with Crippen molar-refractivity contribution in [1.29, 1.82) is 5.26 Å². The molecule has 0 fully saturated rings. The van der Waals surface area contributed by atoms with Gasteiger partial charge in [0.25, 0.3) is 0 Å². The largest absolute Gasteiger partial charge is 0.454 e. The zero-order chi connectivity index (χ0) is 13.8. The van der Waals surface area contributed by atoms with Crippen LogP contribution >= 0.6 is 0 Å². The molecule has 2 heterocycles. The lowest BCUT2D eigenvalue weighted by atomic mass is 10.1. The monoisotopic (exact) mass is 267 g/mol. The molecule has 1 aromatic heterocycles. The second kappa shape index (κ2) is 5.59. The summed E-state index contributed by atoms with van der Waals surface area (Å²) in [6.45, 7) is 1.63. The van der Waals surface area contributed by atoms with Crippen LogP contribution in [0.25, 0.3) is 0 Å². The Morgan fingerprint density at radius 3 is 3.10 bits per heavy atom. The summed E-state index contributed by atoms with van der Waals surface area (Å²) in [4.78, 5) is 3.95. The molecule has 0 saturated carbocycles. The number of benzene rings is 1. The van der Waals surface area contributed by atoms with Crippen LogP contribution in [-0.4, -0.2) is 11.8 Å². The molecule has 0 saturated heterocycles. The normalized spacial score (nSPS) is 12.2. The van der Waals surface area contributed by atoms with Gasteiger partial charge in [-0.2, -0.15) is 5.26 Å². The lowest BCUT2D eigenvalue weighted by Gasteiger charge is -2.07. The van der Waals surface area contributed by atoms with Crippen LogP contribution in [0.5, 0.6) is 11.5 Å². The van der Waals surface area contributed by atoms with Crippen molar-refractivity contribution in [3.8, 4) is 17.6 Å². The minimum Gasteiger partial charge on any atom is -0.454 e. The van der Waals surface area contributed by atoms with Crippen LogP contribution in [0.15, 0.2) is 36.5 Å². The topological polar surface area (TPSA) is 67.2 Å². The quantitative estimate of drug-likeness (QED) is 0.917. The summed E-state index contributed by atoms with van der Waals surface area (Å²) < 4.78 is 10.8. The van der Waals surface area contributed by atoms with Gasteiger partial charge in [-0.25, -0.2) is 4.98 Å². The van der Waals surface area contributed by atoms with E-state index >= 15 is 0 Å². The zero-order valence-electron chi connectivity index (χ0n) is 10.8. The number of nitrogens with zero attached hydrogens (tertiary/aromatic N) is 2. The minimum absolute atomic E-state index is 0.280. The van der Waals surface area contributed by atoms with Gasteiger partial charge in [0.05, 0.1) is 0 Å². The predicted molar refractivity (Wildman–Crippen MR) is 72.1 cm³/mol. The minimum atomic E-state index is 0.280. The number of para-hydroxylation sites is 1. The SMILES string of the molecule is N#Cc1cc(CNCc2cccc3c2OCO3)ccn1. The molecule has 0 unspecified atom stereocenters. The lowest BCUT2D eigenvalue weighted by Crippen LogP contribution is -2.13. The van der Waals surface area contributed by atoms with Crippen molar-refractivity contribution in [2.45, 2.75) is 13.1 Å². The van der Waals surface area contributed by atoms with Crippen LogP contribution in [-0.2, 0) is 13.1 Å². The van der Waals surface area contributed by atoms with Crippen molar-refractivity contribution in [1.82, 2.24) is 10.3 Å². The summed E-state index contributed by atoms with van der Waals surface area (Å²) in [5.41, 5.74) is 2.53. The molecule has 1 aromatic carbocycles. The number of nitriles is 1. The van der Waals surface area contributed by atoms with Crippen molar-refractivity contribution >= 4 is 0 Å². The average Bonchev–Trinajstić information content (AvgIpc) is 2.97. The van der Waals surface area contributed by atoms with E-state index in [9.17, 15) is 0 Å². The Hall–Kier alpha value is -2.58. The smallest absolute Gasteiger partial charge is 0.231 e. The predicted octanol–water partition coefficient (Wildman–Crippen LogP) is 1.97. The van der Waals surface area contributed by atoms with Gasteiger partial charge < -0.3 is 14.8 Å². The molecule has 2 aromatic rings. The molecule has 1 aliphatic rings. The molecular formula is C15H13N3O2. The molecule has 0 atom stereocenters. The molecule has 5 nitrogen and oxygen atoms in total. The van der Waals surface area contributed by atoms with E-state index in [0.29, 0.717) is 18.8 Å². The second-order valence-corrected chi connectivity index (χ2v) is 4.42. The number of pyridine rings is 1. The summed E-state index contributed by atoms with van der Waals surface area (Å²) in [6, 6.07) is 11.6. The average molecular weight is 267 g/mol. The van der Waals surface area contributed by atoms with Gasteiger partial charge >= 0.3 is 0 Å². The molecule has 5 heteroatoms. The van der Waals surface area contributed by atoms with Crippen LogP contribution < -0.4 is 14.8 Å². The summed E-state index contributed by atoms with van der Waals surface area (Å²) in [7, 11) is 0. The number of aromatic nitrogens is 1. The van der Waals surface area contributed by atoms with E-state index in [4.69, 9.17) is 14.7 Å². The van der Waals surface area contributed by atoms with Crippen LogP contribution in [0.4, 0.5) is 0 Å². The molecule has 1 aliphatic heterocycles. The molecular weight excluding hydrogens is 254 g/mol. The van der Waals surface area contributed by atoms with Gasteiger partial charge in [-0.1, -0.05) is 12.1 Å². The van der Waals surface area contributed by atoms with E-state index in [0.717, 1.165) is 22.6 Å². The Kier molecular flexibility index (Phi) is 3.48. The lowest BCUT2D eigenvalue weighted by molar-refractivity contribution is 0.173. The molecule has 0 spiro atoms. The highest BCUT2D eigenvalue weighted by molar-refractivity contribution is 5.48. The van der Waals surface area contributed by atoms with E-state index in [-0.39, 0.29) is 6.79 Å². The molecule has 0 amide bonds. The van der Waals surface area contributed by atoms with Crippen LogP contribution in [0.3, 0.4) is 0 Å². The first-order valence-corrected chi connectivity index (χ1v) is 6.30. The highest BCUT2D eigenvalue weighted by atomic mass is 16.7. The third-order valence-corrected chi connectivity index (χ3v) is 3.06. The molecule has 0 aliphatic carbocycles. The molecule has 3 rings (SSSR count). The van der Waals surface area contributed by atoms with E-state index in [1.165, 1.54) is 0 Å². The summed E-state index contributed by atoms with van der Waals surface area (Å²) in [5.74, 6) is 1.60. The maximum atomic E-state index is 8.81. The summed E-state index contributed by atoms with van der Waals surface area (Å²) >= 11 is 0. The first-order valence-electron chi connectivity index (χ1n) is 6.30. The van der Waals surface area contributed by atoms with Crippen molar-refractivity contribution < 1.29 is 9.47 Å². The molecule has 1 N–H and O–H groups in total. The second-order valence-electron chi connectivity index (χ2n) is 4.42. The van der Waals surface area contributed by atoms with Crippen LogP contribution in [0.2, 0.25) is 0 Å². The number of rotatable bonds is 4. The highest BCUT2D eigenvalue weighted by Crippen LogP contribution is 2.35. The number of ether oxygens (including phenoxy) is 2. The van der Waals surface area contributed by atoms with Gasteiger partial charge in [-0.05, 0) is 23.8 Å². The Bertz CT molecular complexity index is 664. The Morgan fingerprint density at radius 2 is 2.20 bits per heavy atom. The number of hydrogen-bond acceptors (Lipinski definition) is 5. The van der Waals surface area contributed by atoms with Crippen molar-refractivity contribution in [3.05, 3.63) is 53.3 Å². The fourth-order valence-electron chi connectivity index (χ4n) is 2.12. The molecule has 0 bridgehead atoms. The maximum absolute atomic E-state index is 8.81. The van der Waals surface area contributed by atoms with Gasteiger partial charge in [-0.15, -0.1) is 0 Å². The van der Waals surface area contributed by atoms with Gasteiger partial charge in [-0.3, -0.25) is 0 Å². The first-order chi connectivity index (χ1) is 9.86. The fourth-order valence-corrected chi connectivity index (χ4v) is 2.12. The van der Waals surface area contributed by atoms with E-state index in [1.807, 2.05) is 30.3 Å². The summed E-state index contributed by atoms with van der Waals surface area (Å²) in [6.07, 6.45) is 1.65. The standard InChI is InChI=1S/C15H13N3O2/c16-7-13-6-11(4-5-18-13)8-17-9-12-2-1-3-14-15(12)20-10-19-14/h1-6,17H,8-10H2. The van der Waals surface area contributed by atoms with Gasteiger partial charge in [0, 0.05) is 24.8 Å². The zero-order valence-corrected chi connectivity index (χ0v) is 10.8. The number of hydrogen-bond donors (Lipinski definition) is 1. The Morgan fingerprint density at radius 1 is 1.25 bits per heavy atom. The van der Waals surface area contributed by atoms with Crippen molar-refractivity contribution in [3.63, 3.8) is 0 Å². The van der Waals surface area contributed by atoms with E-state index in [1.54, 1.807) is 12.3 Å². The third-order valence-electron chi connectivity index (χ3n) is 3.06. The summed E-state index contributed by atoms with van der Waals surface area (Å²) in [5, 5.41) is 12.1. The van der Waals surface area contributed by atoms with E-state index in [2.05, 4.69) is 10.3 Å². The fraction of sp³-hybridized carbons (Fsp3) is 0.200. The Labute approximate surface area is 116 Å². The molecule has 20 heavy (non-hydrogen) atoms. The molecule has 0 radical (unpaired) electrons. The number of fused-ring (bicyclic) bond motifs is 1. The van der Waals surface area contributed by atoms with Gasteiger partial charge in [0.1, 0.15) is 11.8 Å². The van der Waals surface area contributed by atoms with Crippen LogP contribution in [0, 0.1) is 11.3 Å². The van der Waals surface area contributed by atoms with Crippen molar-refractivity contribution in [2.24, 2.45) is 0 Å². The molecule has 100 valence electrons. The van der Waals surface area contributed by atoms with Gasteiger partial charge in [0.2, 0.25) is 6.79 Å². The van der Waals surface area contributed by atoms with E-state index < -0.39 is 0 Å². The van der Waals surface area contributed by atoms with Crippen molar-refractivity contribution in [2.75, 3.05) is 6.79 Å². The Balaban J connectivity index is 1.63. The maximum Gasteiger partial charge on any atom is 0.231 e. The third kappa shape index (κ3) is 2.56. The first kappa shape index (κ1) is 12.5.